The molecule has 0 aliphatic carbocycles. The van der Waals surface area contributed by atoms with Crippen molar-refractivity contribution in [3.63, 3.8) is 0 Å². The van der Waals surface area contributed by atoms with Crippen molar-refractivity contribution >= 4 is 11.6 Å². The van der Waals surface area contributed by atoms with Crippen molar-refractivity contribution in [2.75, 3.05) is 32.1 Å². The highest BCUT2D eigenvalue weighted by Crippen LogP contribution is 2.40. The van der Waals surface area contributed by atoms with Gasteiger partial charge in [0.1, 0.15) is 29.2 Å². The Hall–Kier alpha value is -3.71. The number of H-pyrrole nitrogens is 1. The van der Waals surface area contributed by atoms with Crippen LogP contribution in [-0.2, 0) is 0 Å². The first-order chi connectivity index (χ1) is 15.9. The minimum Gasteiger partial charge on any atom is -0.496 e. The Morgan fingerprint density at radius 1 is 1.21 bits per heavy atom. The summed E-state index contributed by atoms with van der Waals surface area (Å²) in [7, 11) is 1.48. The second kappa shape index (κ2) is 9.42. The van der Waals surface area contributed by atoms with E-state index in [0.29, 0.717) is 41.0 Å². The first kappa shape index (κ1) is 22.5. The largest absolute Gasteiger partial charge is 0.496 e. The molecule has 0 radical (unpaired) electrons. The van der Waals surface area contributed by atoms with E-state index in [1.54, 1.807) is 6.07 Å². The Kier molecular flexibility index (Phi) is 6.42. The third-order valence-corrected chi connectivity index (χ3v) is 6.00. The first-order valence-electron chi connectivity index (χ1n) is 10.7. The summed E-state index contributed by atoms with van der Waals surface area (Å²) in [6, 6.07) is 6.34. The highest BCUT2D eigenvalue weighted by molar-refractivity contribution is 5.76. The van der Waals surface area contributed by atoms with Crippen LogP contribution in [0.3, 0.4) is 0 Å². The van der Waals surface area contributed by atoms with Gasteiger partial charge >= 0.3 is 0 Å². The average molecular weight is 452 g/mol. The minimum atomic E-state index is -0.447. The molecule has 9 nitrogen and oxygen atoms in total. The van der Waals surface area contributed by atoms with Gasteiger partial charge in [-0.2, -0.15) is 10.4 Å². The van der Waals surface area contributed by atoms with Crippen LogP contribution in [0.1, 0.15) is 26.0 Å². The summed E-state index contributed by atoms with van der Waals surface area (Å²) in [6.45, 7) is 6.73. The van der Waals surface area contributed by atoms with Crippen molar-refractivity contribution in [3.8, 4) is 28.8 Å². The molecule has 0 spiro atoms. The molecule has 0 bridgehead atoms. The molecule has 3 N–H and O–H groups in total. The molecule has 1 unspecified atom stereocenters. The smallest absolute Gasteiger partial charge is 0.158 e. The van der Waals surface area contributed by atoms with Crippen LogP contribution in [0.15, 0.2) is 30.6 Å². The van der Waals surface area contributed by atoms with Gasteiger partial charge in [0.15, 0.2) is 11.5 Å². The van der Waals surface area contributed by atoms with Crippen molar-refractivity contribution < 1.29 is 13.9 Å². The molecule has 1 atom stereocenters. The Balaban J connectivity index is 1.59. The Labute approximate surface area is 191 Å². The summed E-state index contributed by atoms with van der Waals surface area (Å²) >= 11 is 0. The molecule has 1 aromatic carbocycles. The number of rotatable bonds is 7. The summed E-state index contributed by atoms with van der Waals surface area (Å²) in [5, 5.41) is 22.5. The maximum absolute atomic E-state index is 14.3. The summed E-state index contributed by atoms with van der Waals surface area (Å²) in [6.07, 6.45) is 3.86. The third kappa shape index (κ3) is 5.04. The standard InChI is InChI=1S/C23H26FN7O2/c1-23(2)4-5-26-10-14(23)13-33-19-7-15(24)6-18(32-3)22(19)17-8-20(31-30-17)29-21-12-27-16(9-25)11-28-21/h6-8,11-12,14,26H,4-5,10,13H2,1-3H3,(H2,28,29,30,31). The first-order valence-corrected chi connectivity index (χ1v) is 10.7. The molecule has 2 aromatic heterocycles. The van der Waals surface area contributed by atoms with Crippen molar-refractivity contribution in [2.45, 2.75) is 20.3 Å². The van der Waals surface area contributed by atoms with Gasteiger partial charge < -0.3 is 20.1 Å². The number of benzene rings is 1. The normalized spacial score (nSPS) is 17.2. The van der Waals surface area contributed by atoms with Gasteiger partial charge in [0.25, 0.3) is 0 Å². The number of hydrogen-bond acceptors (Lipinski definition) is 8. The van der Waals surface area contributed by atoms with Crippen LogP contribution in [0, 0.1) is 28.5 Å². The van der Waals surface area contributed by atoms with E-state index in [-0.39, 0.29) is 17.0 Å². The molecule has 1 aliphatic rings. The Morgan fingerprint density at radius 2 is 2.03 bits per heavy atom. The zero-order chi connectivity index (χ0) is 23.4. The van der Waals surface area contributed by atoms with Gasteiger partial charge in [-0.15, -0.1) is 0 Å². The van der Waals surface area contributed by atoms with Gasteiger partial charge in [-0.3, -0.25) is 5.10 Å². The SMILES string of the molecule is COc1cc(F)cc(OCC2CNCCC2(C)C)c1-c1cc(Nc2cnc(C#N)cn2)n[nH]1. The fourth-order valence-electron chi connectivity index (χ4n) is 3.84. The van der Waals surface area contributed by atoms with Crippen molar-refractivity contribution in [1.82, 2.24) is 25.5 Å². The van der Waals surface area contributed by atoms with Crippen molar-refractivity contribution in [1.29, 1.82) is 5.26 Å². The van der Waals surface area contributed by atoms with Crippen LogP contribution in [0.2, 0.25) is 0 Å². The van der Waals surface area contributed by atoms with Gasteiger partial charge in [-0.05, 0) is 18.4 Å². The predicted octanol–water partition coefficient (Wildman–Crippen LogP) is 3.64. The van der Waals surface area contributed by atoms with E-state index < -0.39 is 5.82 Å². The highest BCUT2D eigenvalue weighted by atomic mass is 19.1. The number of aromatic nitrogens is 4. The number of ether oxygens (including phenoxy) is 2. The number of aromatic amines is 1. The van der Waals surface area contributed by atoms with Gasteiger partial charge in [0, 0.05) is 30.7 Å². The lowest BCUT2D eigenvalue weighted by atomic mass is 9.74. The number of nitriles is 1. The quantitative estimate of drug-likeness (QED) is 0.498. The Morgan fingerprint density at radius 3 is 2.73 bits per heavy atom. The number of nitrogens with one attached hydrogen (secondary N) is 3. The van der Waals surface area contributed by atoms with Crippen LogP contribution in [0.25, 0.3) is 11.3 Å². The molecule has 3 heterocycles. The second-order valence-electron chi connectivity index (χ2n) is 8.62. The maximum atomic E-state index is 14.3. The van der Waals surface area contributed by atoms with E-state index >= 15 is 0 Å². The number of anilines is 2. The van der Waals surface area contributed by atoms with E-state index in [4.69, 9.17) is 14.7 Å². The highest BCUT2D eigenvalue weighted by Gasteiger charge is 2.33. The molecule has 1 fully saturated rings. The van der Waals surface area contributed by atoms with Gasteiger partial charge in [0.2, 0.25) is 0 Å². The summed E-state index contributed by atoms with van der Waals surface area (Å²) in [5.74, 6) is 1.45. The summed E-state index contributed by atoms with van der Waals surface area (Å²) in [5.41, 5.74) is 1.51. The molecule has 3 aromatic rings. The average Bonchev–Trinajstić information content (AvgIpc) is 3.26. The van der Waals surface area contributed by atoms with Crippen molar-refractivity contribution in [3.05, 3.63) is 42.1 Å². The zero-order valence-corrected chi connectivity index (χ0v) is 18.8. The van der Waals surface area contributed by atoms with E-state index in [1.807, 2.05) is 6.07 Å². The number of piperidine rings is 1. The lowest BCUT2D eigenvalue weighted by Gasteiger charge is -2.38. The summed E-state index contributed by atoms with van der Waals surface area (Å²) < 4.78 is 25.9. The van der Waals surface area contributed by atoms with Crippen LogP contribution in [0.5, 0.6) is 11.5 Å². The van der Waals surface area contributed by atoms with Gasteiger partial charge in [0.05, 0.1) is 37.4 Å². The molecule has 4 rings (SSSR count). The number of halogens is 1. The number of hydrogen-bond donors (Lipinski definition) is 3. The third-order valence-electron chi connectivity index (χ3n) is 6.00. The molecular formula is C23H26FN7O2. The van der Waals surface area contributed by atoms with Gasteiger partial charge in [-0.25, -0.2) is 14.4 Å². The fraction of sp³-hybridized carbons (Fsp3) is 0.391. The monoisotopic (exact) mass is 451 g/mol. The van der Waals surface area contributed by atoms with E-state index in [2.05, 4.69) is 44.6 Å². The molecule has 0 amide bonds. The molecule has 0 saturated carbocycles. The predicted molar refractivity (Wildman–Crippen MR) is 121 cm³/mol. The van der Waals surface area contributed by atoms with Crippen LogP contribution in [-0.4, -0.2) is 47.0 Å². The van der Waals surface area contributed by atoms with Crippen LogP contribution >= 0.6 is 0 Å². The number of nitrogens with zero attached hydrogens (tertiary/aromatic N) is 4. The Bertz CT molecular complexity index is 1150. The topological polar surface area (TPSA) is 121 Å². The minimum absolute atomic E-state index is 0.121. The molecule has 10 heteroatoms. The zero-order valence-electron chi connectivity index (χ0n) is 18.8. The van der Waals surface area contributed by atoms with Gasteiger partial charge in [-0.1, -0.05) is 13.8 Å². The lowest BCUT2D eigenvalue weighted by molar-refractivity contribution is 0.0963. The molecule has 1 aliphatic heterocycles. The number of methoxy groups -OCH3 is 1. The molecule has 172 valence electrons. The fourth-order valence-corrected chi connectivity index (χ4v) is 3.84. The lowest BCUT2D eigenvalue weighted by Crippen LogP contribution is -2.44. The molecule has 33 heavy (non-hydrogen) atoms. The van der Waals surface area contributed by atoms with E-state index in [0.717, 1.165) is 19.5 Å². The van der Waals surface area contributed by atoms with E-state index in [9.17, 15) is 4.39 Å². The van der Waals surface area contributed by atoms with Crippen molar-refractivity contribution in [2.24, 2.45) is 11.3 Å². The maximum Gasteiger partial charge on any atom is 0.158 e. The van der Waals surface area contributed by atoms with E-state index in [1.165, 1.54) is 31.6 Å². The van der Waals surface area contributed by atoms with Crippen LogP contribution in [0.4, 0.5) is 16.0 Å². The molecule has 1 saturated heterocycles. The summed E-state index contributed by atoms with van der Waals surface area (Å²) in [4.78, 5) is 8.11. The van der Waals surface area contributed by atoms with Crippen LogP contribution < -0.4 is 20.1 Å². The second-order valence-corrected chi connectivity index (χ2v) is 8.62. The molecular weight excluding hydrogens is 425 g/mol.